The summed E-state index contributed by atoms with van der Waals surface area (Å²) in [5, 5.41) is -0.292. The van der Waals surface area contributed by atoms with Crippen LogP contribution in [0.2, 0.25) is 0 Å². The summed E-state index contributed by atoms with van der Waals surface area (Å²) in [5.74, 6) is 1.63. The van der Waals surface area contributed by atoms with Crippen LogP contribution in [0.3, 0.4) is 0 Å². The fourth-order valence-corrected chi connectivity index (χ4v) is 2.64. The number of benzene rings is 1. The lowest BCUT2D eigenvalue weighted by Gasteiger charge is -2.13. The normalized spacial score (nSPS) is 12.5. The first-order valence-corrected chi connectivity index (χ1v) is 6.80. The van der Waals surface area contributed by atoms with Crippen LogP contribution in [0.5, 0.6) is 5.75 Å². The molecule has 0 aliphatic carbocycles. The molecule has 96 valence electrons. The third-order valence-electron chi connectivity index (χ3n) is 2.82. The maximum atomic E-state index is 6.43. The van der Waals surface area contributed by atoms with E-state index in [2.05, 4.69) is 15.9 Å². The van der Waals surface area contributed by atoms with Gasteiger partial charge in [-0.25, -0.2) is 0 Å². The van der Waals surface area contributed by atoms with Crippen molar-refractivity contribution in [2.24, 2.45) is 0 Å². The van der Waals surface area contributed by atoms with E-state index < -0.39 is 0 Å². The Bertz CT molecular complexity index is 540. The first-order valence-electron chi connectivity index (χ1n) is 5.57. The summed E-state index contributed by atoms with van der Waals surface area (Å²) in [6.45, 7) is 4.02. The first kappa shape index (κ1) is 13.5. The van der Waals surface area contributed by atoms with Crippen LogP contribution in [0.15, 0.2) is 33.4 Å². The predicted octanol–water partition coefficient (Wildman–Crippen LogP) is 5.00. The van der Waals surface area contributed by atoms with Gasteiger partial charge in [-0.1, -0.05) is 12.1 Å². The van der Waals surface area contributed by atoms with Crippen LogP contribution < -0.4 is 4.74 Å². The molecule has 18 heavy (non-hydrogen) atoms. The largest absolute Gasteiger partial charge is 0.496 e. The average Bonchev–Trinajstić information content (AvgIpc) is 2.74. The highest BCUT2D eigenvalue weighted by Gasteiger charge is 2.17. The van der Waals surface area contributed by atoms with Gasteiger partial charge in [0.1, 0.15) is 16.9 Å². The Kier molecular flexibility index (Phi) is 4.03. The third kappa shape index (κ3) is 2.57. The number of halogens is 2. The van der Waals surface area contributed by atoms with E-state index in [-0.39, 0.29) is 5.38 Å². The first-order chi connectivity index (χ1) is 8.52. The number of alkyl halides is 1. The molecule has 0 saturated heterocycles. The van der Waals surface area contributed by atoms with Gasteiger partial charge in [0.15, 0.2) is 4.67 Å². The van der Waals surface area contributed by atoms with Crippen molar-refractivity contribution in [3.8, 4) is 5.75 Å². The van der Waals surface area contributed by atoms with Crippen LogP contribution in [0.1, 0.15) is 27.8 Å². The van der Waals surface area contributed by atoms with Gasteiger partial charge in [-0.3, -0.25) is 0 Å². The Morgan fingerprint density at radius 2 is 1.83 bits per heavy atom. The van der Waals surface area contributed by atoms with Crippen molar-refractivity contribution < 1.29 is 9.15 Å². The molecule has 2 nitrogen and oxygen atoms in total. The zero-order valence-electron chi connectivity index (χ0n) is 10.5. The number of aryl methyl sites for hydroxylation is 2. The molecule has 2 rings (SSSR count). The second kappa shape index (κ2) is 5.37. The molecule has 1 heterocycles. The fraction of sp³-hybridized carbons (Fsp3) is 0.286. The lowest BCUT2D eigenvalue weighted by atomic mass is 10.0. The molecule has 1 aromatic carbocycles. The number of methoxy groups -OCH3 is 1. The summed E-state index contributed by atoms with van der Waals surface area (Å²) in [4.78, 5) is 0. The van der Waals surface area contributed by atoms with Crippen LogP contribution in [0, 0.1) is 13.8 Å². The van der Waals surface area contributed by atoms with Crippen LogP contribution in [0.4, 0.5) is 0 Å². The standard InChI is InChI=1S/C14H14BrClO2/c1-8-6-10(7-9(2)14(8)17-3)13(16)11-4-5-12(15)18-11/h4-7,13H,1-3H3. The Labute approximate surface area is 120 Å². The zero-order valence-corrected chi connectivity index (χ0v) is 12.8. The van der Waals surface area contributed by atoms with E-state index in [1.165, 1.54) is 0 Å². The summed E-state index contributed by atoms with van der Waals surface area (Å²) in [6.07, 6.45) is 0. The molecule has 0 fully saturated rings. The van der Waals surface area contributed by atoms with E-state index >= 15 is 0 Å². The van der Waals surface area contributed by atoms with Crippen molar-refractivity contribution in [3.63, 3.8) is 0 Å². The highest BCUT2D eigenvalue weighted by molar-refractivity contribution is 9.10. The molecule has 0 amide bonds. The van der Waals surface area contributed by atoms with Gasteiger partial charge in [-0.2, -0.15) is 0 Å². The lowest BCUT2D eigenvalue weighted by molar-refractivity contribution is 0.408. The van der Waals surface area contributed by atoms with Gasteiger partial charge < -0.3 is 9.15 Å². The van der Waals surface area contributed by atoms with Crippen molar-refractivity contribution in [2.45, 2.75) is 19.2 Å². The molecular weight excluding hydrogens is 316 g/mol. The molecule has 1 aromatic heterocycles. The van der Waals surface area contributed by atoms with Crippen molar-refractivity contribution in [1.29, 1.82) is 0 Å². The molecule has 0 radical (unpaired) electrons. The lowest BCUT2D eigenvalue weighted by Crippen LogP contribution is -1.97. The van der Waals surface area contributed by atoms with E-state index in [9.17, 15) is 0 Å². The highest BCUT2D eigenvalue weighted by atomic mass is 79.9. The van der Waals surface area contributed by atoms with Crippen molar-refractivity contribution in [3.05, 3.63) is 51.4 Å². The number of furan rings is 1. The van der Waals surface area contributed by atoms with Crippen molar-refractivity contribution in [2.75, 3.05) is 7.11 Å². The maximum Gasteiger partial charge on any atom is 0.169 e. The van der Waals surface area contributed by atoms with E-state index in [4.69, 9.17) is 20.8 Å². The molecule has 1 atom stereocenters. The molecular formula is C14H14BrClO2. The smallest absolute Gasteiger partial charge is 0.169 e. The van der Waals surface area contributed by atoms with E-state index in [1.807, 2.05) is 38.1 Å². The van der Waals surface area contributed by atoms with E-state index in [0.29, 0.717) is 4.67 Å². The summed E-state index contributed by atoms with van der Waals surface area (Å²) in [6, 6.07) is 7.77. The molecule has 0 N–H and O–H groups in total. The summed E-state index contributed by atoms with van der Waals surface area (Å²) < 4.78 is 11.5. The third-order valence-corrected chi connectivity index (χ3v) is 3.72. The van der Waals surface area contributed by atoms with Crippen molar-refractivity contribution >= 4 is 27.5 Å². The Balaban J connectivity index is 2.40. The van der Waals surface area contributed by atoms with Crippen LogP contribution in [-0.2, 0) is 0 Å². The van der Waals surface area contributed by atoms with E-state index in [0.717, 1.165) is 28.2 Å². The fourth-order valence-electron chi connectivity index (χ4n) is 2.08. The number of hydrogen-bond acceptors (Lipinski definition) is 2. The van der Waals surface area contributed by atoms with E-state index in [1.54, 1.807) is 7.11 Å². The summed E-state index contributed by atoms with van der Waals surface area (Å²) in [5.41, 5.74) is 3.15. The summed E-state index contributed by atoms with van der Waals surface area (Å²) in [7, 11) is 1.68. The second-order valence-electron chi connectivity index (χ2n) is 4.19. The molecule has 1 unspecified atom stereocenters. The van der Waals surface area contributed by atoms with Crippen molar-refractivity contribution in [1.82, 2.24) is 0 Å². The Hall–Kier alpha value is -0.930. The number of ether oxygens (including phenoxy) is 1. The SMILES string of the molecule is COc1c(C)cc(C(Cl)c2ccc(Br)o2)cc1C. The Morgan fingerprint density at radius 1 is 1.22 bits per heavy atom. The molecule has 0 saturated carbocycles. The number of hydrogen-bond donors (Lipinski definition) is 0. The van der Waals surface area contributed by atoms with Gasteiger partial charge in [0.05, 0.1) is 7.11 Å². The Morgan fingerprint density at radius 3 is 2.28 bits per heavy atom. The number of rotatable bonds is 3. The topological polar surface area (TPSA) is 22.4 Å². The van der Waals surface area contributed by atoms with Crippen LogP contribution >= 0.6 is 27.5 Å². The van der Waals surface area contributed by atoms with Gasteiger partial charge in [-0.05, 0) is 58.6 Å². The quantitative estimate of drug-likeness (QED) is 0.740. The maximum absolute atomic E-state index is 6.43. The second-order valence-corrected chi connectivity index (χ2v) is 5.41. The van der Waals surface area contributed by atoms with Gasteiger partial charge in [-0.15, -0.1) is 11.6 Å². The highest BCUT2D eigenvalue weighted by Crippen LogP contribution is 2.35. The minimum Gasteiger partial charge on any atom is -0.496 e. The molecule has 0 spiro atoms. The average molecular weight is 330 g/mol. The summed E-state index contributed by atoms with van der Waals surface area (Å²) >= 11 is 9.71. The monoisotopic (exact) mass is 328 g/mol. The van der Waals surface area contributed by atoms with Gasteiger partial charge in [0, 0.05) is 0 Å². The minimum atomic E-state index is -0.292. The minimum absolute atomic E-state index is 0.292. The molecule has 2 aromatic rings. The molecule has 4 heteroatoms. The van der Waals surface area contributed by atoms with Gasteiger partial charge in [0.25, 0.3) is 0 Å². The molecule has 0 aliphatic rings. The molecule has 0 aliphatic heterocycles. The van der Waals surface area contributed by atoms with Crippen LogP contribution in [-0.4, -0.2) is 7.11 Å². The zero-order chi connectivity index (χ0) is 13.3. The molecule has 0 bridgehead atoms. The van der Waals surface area contributed by atoms with Crippen LogP contribution in [0.25, 0.3) is 0 Å². The predicted molar refractivity (Wildman–Crippen MR) is 76.6 cm³/mol. The van der Waals surface area contributed by atoms with Gasteiger partial charge >= 0.3 is 0 Å². The van der Waals surface area contributed by atoms with Gasteiger partial charge in [0.2, 0.25) is 0 Å².